The Balaban J connectivity index is 0.000000351. The van der Waals surface area contributed by atoms with Crippen LogP contribution in [0, 0.1) is 0 Å². The molecule has 0 aliphatic carbocycles. The Morgan fingerprint density at radius 1 is 0.958 bits per heavy atom. The van der Waals surface area contributed by atoms with Gasteiger partial charge in [0.2, 0.25) is 0 Å². The van der Waals surface area contributed by atoms with Gasteiger partial charge in [-0.3, -0.25) is 4.98 Å². The summed E-state index contributed by atoms with van der Waals surface area (Å²) in [4.78, 5) is 4.38. The molecular weight excluding hydrogens is 306 g/mol. The summed E-state index contributed by atoms with van der Waals surface area (Å²) in [6, 6.07) is 10.1. The number of methoxy groups -OCH3 is 4. The normalized spacial score (nSPS) is 11.1. The molecule has 5 nitrogen and oxygen atoms in total. The second-order valence-corrected chi connectivity index (χ2v) is 4.74. The van der Waals surface area contributed by atoms with E-state index in [-0.39, 0.29) is 12.6 Å². The van der Waals surface area contributed by atoms with E-state index in [1.54, 1.807) is 34.5 Å². The number of hydrogen-bond acceptors (Lipinski definition) is 5. The molecule has 0 bridgehead atoms. The minimum atomic E-state index is -0.318. The summed E-state index contributed by atoms with van der Waals surface area (Å²) in [5, 5.41) is 1.13. The van der Waals surface area contributed by atoms with Gasteiger partial charge in [0, 0.05) is 40.0 Å². The van der Waals surface area contributed by atoms with Gasteiger partial charge in [-0.2, -0.15) is 0 Å². The Bertz CT molecular complexity index is 634. The molecule has 1 heterocycles. The third-order valence-electron chi connectivity index (χ3n) is 3.18. The van der Waals surface area contributed by atoms with Gasteiger partial charge in [-0.15, -0.1) is 0 Å². The molecule has 0 saturated heterocycles. The average molecular weight is 331 g/mol. The van der Waals surface area contributed by atoms with Gasteiger partial charge in [0.05, 0.1) is 5.52 Å². The predicted octanol–water partition coefficient (Wildman–Crippen LogP) is 3.66. The number of ether oxygens (including phenoxy) is 4. The van der Waals surface area contributed by atoms with Crippen LogP contribution < -0.4 is 0 Å². The molecule has 0 aliphatic rings. The van der Waals surface area contributed by atoms with Crippen molar-refractivity contribution in [3.63, 3.8) is 0 Å². The molecule has 2 rings (SSSR count). The van der Waals surface area contributed by atoms with Gasteiger partial charge in [-0.05, 0) is 29.8 Å². The third-order valence-corrected chi connectivity index (χ3v) is 3.18. The zero-order valence-electron chi connectivity index (χ0n) is 14.6. The van der Waals surface area contributed by atoms with Crippen LogP contribution in [0.2, 0.25) is 0 Å². The zero-order valence-corrected chi connectivity index (χ0v) is 14.6. The number of pyridine rings is 1. The van der Waals surface area contributed by atoms with Crippen LogP contribution in [0.25, 0.3) is 17.0 Å². The van der Waals surface area contributed by atoms with Crippen LogP contribution in [0.4, 0.5) is 0 Å². The monoisotopic (exact) mass is 331 g/mol. The van der Waals surface area contributed by atoms with Crippen molar-refractivity contribution >= 4 is 17.0 Å². The van der Waals surface area contributed by atoms with Crippen LogP contribution in [0.15, 0.2) is 55.3 Å². The molecule has 0 fully saturated rings. The molecule has 0 radical (unpaired) electrons. The minimum absolute atomic E-state index is 0.250. The summed E-state index contributed by atoms with van der Waals surface area (Å²) in [7, 11) is 6.35. The summed E-state index contributed by atoms with van der Waals surface area (Å²) in [5.41, 5.74) is 2.03. The molecule has 0 saturated carbocycles. The smallest absolute Gasteiger partial charge is 0.176 e. The molecular formula is C19H25NO4. The van der Waals surface area contributed by atoms with Crippen molar-refractivity contribution in [2.45, 2.75) is 12.6 Å². The maximum Gasteiger partial charge on any atom is 0.176 e. The van der Waals surface area contributed by atoms with Crippen molar-refractivity contribution < 1.29 is 18.9 Å². The van der Waals surface area contributed by atoms with Gasteiger partial charge >= 0.3 is 0 Å². The van der Waals surface area contributed by atoms with Gasteiger partial charge in [-0.25, -0.2) is 0 Å². The number of benzene rings is 1. The molecule has 5 heteroatoms. The largest absolute Gasteiger partial charge is 0.352 e. The van der Waals surface area contributed by atoms with E-state index < -0.39 is 0 Å². The van der Waals surface area contributed by atoms with E-state index >= 15 is 0 Å². The lowest BCUT2D eigenvalue weighted by Gasteiger charge is -2.07. The van der Waals surface area contributed by atoms with Crippen molar-refractivity contribution in [3.05, 3.63) is 60.8 Å². The number of rotatable bonds is 7. The summed E-state index contributed by atoms with van der Waals surface area (Å²) < 4.78 is 19.6. The van der Waals surface area contributed by atoms with E-state index in [9.17, 15) is 0 Å². The molecule has 0 atom stereocenters. The van der Waals surface area contributed by atoms with E-state index in [1.165, 1.54) is 0 Å². The van der Waals surface area contributed by atoms with Crippen LogP contribution >= 0.6 is 0 Å². The van der Waals surface area contributed by atoms with Crippen LogP contribution in [0.5, 0.6) is 0 Å². The van der Waals surface area contributed by atoms with Crippen molar-refractivity contribution in [2.24, 2.45) is 0 Å². The zero-order chi connectivity index (χ0) is 17.8. The lowest BCUT2D eigenvalue weighted by molar-refractivity contribution is -0.0664. The Hall–Kier alpha value is -2.05. The highest BCUT2D eigenvalue weighted by Crippen LogP contribution is 2.14. The molecule has 0 N–H and O–H groups in total. The first-order valence-corrected chi connectivity index (χ1v) is 7.45. The van der Waals surface area contributed by atoms with Crippen LogP contribution in [-0.4, -0.2) is 46.0 Å². The molecule has 1 aromatic carbocycles. The standard InChI is InChI=1S/C14H15NO2.C5H10O2/c1-16-14(17-2)8-7-11-9-12-5-3-4-6-13(12)15-10-11;1-4-5(6-2)7-3/h3-10,14H,1-2H3;4-5H,1H2,2-3H3/b8-7+;. The number of fused-ring (bicyclic) bond motifs is 1. The quantitative estimate of drug-likeness (QED) is 0.572. The van der Waals surface area contributed by atoms with Crippen LogP contribution in [0.1, 0.15) is 5.56 Å². The van der Waals surface area contributed by atoms with Crippen LogP contribution in [-0.2, 0) is 18.9 Å². The third kappa shape index (κ3) is 6.60. The van der Waals surface area contributed by atoms with E-state index in [2.05, 4.69) is 17.6 Å². The van der Waals surface area contributed by atoms with Gasteiger partial charge in [0.15, 0.2) is 12.6 Å². The van der Waals surface area contributed by atoms with E-state index in [1.807, 2.05) is 42.6 Å². The Morgan fingerprint density at radius 2 is 1.58 bits per heavy atom. The topological polar surface area (TPSA) is 49.8 Å². The minimum Gasteiger partial charge on any atom is -0.352 e. The molecule has 0 amide bonds. The number of hydrogen-bond donors (Lipinski definition) is 0. The molecule has 130 valence electrons. The van der Waals surface area contributed by atoms with Crippen molar-refractivity contribution in [2.75, 3.05) is 28.4 Å². The molecule has 2 aromatic rings. The lowest BCUT2D eigenvalue weighted by atomic mass is 10.1. The fourth-order valence-corrected chi connectivity index (χ4v) is 1.91. The SMILES string of the molecule is C=CC(OC)OC.COC(/C=C/c1cnc2ccccc2c1)OC. The first-order valence-electron chi connectivity index (χ1n) is 7.45. The molecule has 0 aliphatic heterocycles. The summed E-state index contributed by atoms with van der Waals surface area (Å²) in [6.45, 7) is 3.45. The Morgan fingerprint density at radius 3 is 2.12 bits per heavy atom. The van der Waals surface area contributed by atoms with E-state index in [0.29, 0.717) is 0 Å². The molecule has 0 unspecified atom stereocenters. The predicted molar refractivity (Wildman–Crippen MR) is 96.6 cm³/mol. The molecule has 1 aromatic heterocycles. The summed E-state index contributed by atoms with van der Waals surface area (Å²) in [5.74, 6) is 0. The highest BCUT2D eigenvalue weighted by Gasteiger charge is 1.99. The number of nitrogens with zero attached hydrogens (tertiary/aromatic N) is 1. The van der Waals surface area contributed by atoms with Gasteiger partial charge in [-0.1, -0.05) is 30.9 Å². The van der Waals surface area contributed by atoms with E-state index in [4.69, 9.17) is 18.9 Å². The first kappa shape index (κ1) is 20.0. The van der Waals surface area contributed by atoms with Gasteiger partial charge < -0.3 is 18.9 Å². The summed E-state index contributed by atoms with van der Waals surface area (Å²) in [6.07, 6.45) is 6.64. The van der Waals surface area contributed by atoms with Crippen molar-refractivity contribution in [3.8, 4) is 0 Å². The highest BCUT2D eigenvalue weighted by molar-refractivity contribution is 5.80. The lowest BCUT2D eigenvalue weighted by Crippen LogP contribution is -2.08. The summed E-state index contributed by atoms with van der Waals surface area (Å²) >= 11 is 0. The van der Waals surface area contributed by atoms with Gasteiger partial charge in [0.1, 0.15) is 0 Å². The number of aromatic nitrogens is 1. The maximum atomic E-state index is 5.08. The van der Waals surface area contributed by atoms with Crippen molar-refractivity contribution in [1.82, 2.24) is 4.98 Å². The van der Waals surface area contributed by atoms with E-state index in [0.717, 1.165) is 16.5 Å². The molecule has 0 spiro atoms. The van der Waals surface area contributed by atoms with Gasteiger partial charge in [0.25, 0.3) is 0 Å². The fourth-order valence-electron chi connectivity index (χ4n) is 1.91. The Labute approximate surface area is 143 Å². The average Bonchev–Trinajstić information content (AvgIpc) is 2.64. The highest BCUT2D eigenvalue weighted by atomic mass is 16.7. The maximum absolute atomic E-state index is 5.08. The number of para-hydroxylation sites is 1. The van der Waals surface area contributed by atoms with Crippen LogP contribution in [0.3, 0.4) is 0 Å². The fraction of sp³-hybridized carbons (Fsp3) is 0.316. The molecule has 24 heavy (non-hydrogen) atoms. The second kappa shape index (κ2) is 11.5. The second-order valence-electron chi connectivity index (χ2n) is 4.74. The first-order chi connectivity index (χ1) is 11.7. The Kier molecular flexibility index (Phi) is 9.56. The van der Waals surface area contributed by atoms with Crippen molar-refractivity contribution in [1.29, 1.82) is 0 Å².